The van der Waals surface area contributed by atoms with Crippen LogP contribution in [-0.2, 0) is 0 Å². The second-order valence-corrected chi connectivity index (χ2v) is 4.98. The van der Waals surface area contributed by atoms with E-state index in [0.717, 1.165) is 22.8 Å². The maximum Gasteiger partial charge on any atom is 0.243 e. The van der Waals surface area contributed by atoms with Crippen LogP contribution in [0.2, 0.25) is 0 Å². The van der Waals surface area contributed by atoms with Gasteiger partial charge in [-0.25, -0.2) is 15.4 Å². The summed E-state index contributed by atoms with van der Waals surface area (Å²) >= 11 is 0. The molecule has 0 aliphatic heterocycles. The first kappa shape index (κ1) is 14.8. The lowest BCUT2D eigenvalue weighted by atomic mass is 10.1. The molecule has 3 aromatic rings. The first-order valence-corrected chi connectivity index (χ1v) is 7.21. The van der Waals surface area contributed by atoms with Crippen molar-refractivity contribution in [2.45, 2.75) is 13.8 Å². The maximum absolute atomic E-state index is 4.43. The van der Waals surface area contributed by atoms with Gasteiger partial charge in [0.2, 0.25) is 5.95 Å². The van der Waals surface area contributed by atoms with Crippen molar-refractivity contribution in [3.8, 4) is 0 Å². The maximum atomic E-state index is 4.43. The third-order valence-corrected chi connectivity index (χ3v) is 3.07. The van der Waals surface area contributed by atoms with Gasteiger partial charge < -0.3 is 0 Å². The first-order chi connectivity index (χ1) is 11.2. The predicted molar refractivity (Wildman–Crippen MR) is 89.2 cm³/mol. The third-order valence-electron chi connectivity index (χ3n) is 3.07. The van der Waals surface area contributed by atoms with Crippen LogP contribution in [0.15, 0.2) is 60.0 Å². The normalized spacial score (nSPS) is 10.2. The number of hydrogen-bond donors (Lipinski definition) is 1. The lowest BCUT2D eigenvalue weighted by Gasteiger charge is -2.07. The fourth-order valence-electron chi connectivity index (χ4n) is 2.13. The molecule has 0 amide bonds. The Hall–Kier alpha value is -3.15. The number of nitrogens with one attached hydrogen (secondary N) is 1. The van der Waals surface area contributed by atoms with Crippen molar-refractivity contribution in [3.63, 3.8) is 0 Å². The lowest BCUT2D eigenvalue weighted by Crippen LogP contribution is -2.11. The number of pyridine rings is 2. The Morgan fingerprint density at radius 3 is 1.91 bits per heavy atom. The van der Waals surface area contributed by atoms with Crippen LogP contribution >= 0.6 is 0 Å². The van der Waals surface area contributed by atoms with Crippen molar-refractivity contribution in [2.24, 2.45) is 5.10 Å². The SMILES string of the molecule is Cc1cc(C)nc(NN=C(c2ccccn2)c2ccccn2)n1. The van der Waals surface area contributed by atoms with Gasteiger partial charge in [0.25, 0.3) is 0 Å². The number of rotatable bonds is 4. The minimum Gasteiger partial charge on any atom is -0.254 e. The zero-order valence-electron chi connectivity index (χ0n) is 12.9. The summed E-state index contributed by atoms with van der Waals surface area (Å²) in [6.07, 6.45) is 3.45. The highest BCUT2D eigenvalue weighted by Crippen LogP contribution is 2.08. The van der Waals surface area contributed by atoms with E-state index in [-0.39, 0.29) is 0 Å². The standard InChI is InChI=1S/C17H16N6/c1-12-11-13(2)21-17(20-12)23-22-16(14-7-3-5-9-18-14)15-8-4-6-10-19-15/h3-11H,1-2H3,(H,20,21,23). The quantitative estimate of drug-likeness (QED) is 0.592. The van der Waals surface area contributed by atoms with Crippen LogP contribution in [0, 0.1) is 13.8 Å². The predicted octanol–water partition coefficient (Wildman–Crippen LogP) is 2.75. The summed E-state index contributed by atoms with van der Waals surface area (Å²) in [4.78, 5) is 17.3. The van der Waals surface area contributed by atoms with Crippen molar-refractivity contribution >= 4 is 11.7 Å². The monoisotopic (exact) mass is 304 g/mol. The molecule has 0 spiro atoms. The summed E-state index contributed by atoms with van der Waals surface area (Å²) in [6, 6.07) is 13.2. The highest BCUT2D eigenvalue weighted by atomic mass is 15.4. The molecule has 3 rings (SSSR count). The van der Waals surface area contributed by atoms with Crippen LogP contribution < -0.4 is 5.43 Å². The first-order valence-electron chi connectivity index (χ1n) is 7.21. The van der Waals surface area contributed by atoms with Gasteiger partial charge >= 0.3 is 0 Å². The van der Waals surface area contributed by atoms with E-state index in [4.69, 9.17) is 0 Å². The minimum atomic E-state index is 0.451. The number of hydrogen-bond acceptors (Lipinski definition) is 6. The molecular weight excluding hydrogens is 288 g/mol. The molecule has 0 saturated carbocycles. The second kappa shape index (κ2) is 6.74. The van der Waals surface area contributed by atoms with Gasteiger partial charge in [-0.2, -0.15) is 5.10 Å². The molecule has 0 aromatic carbocycles. The summed E-state index contributed by atoms with van der Waals surface area (Å²) < 4.78 is 0. The fourth-order valence-corrected chi connectivity index (χ4v) is 2.13. The molecule has 6 heteroatoms. The van der Waals surface area contributed by atoms with Crippen molar-refractivity contribution in [2.75, 3.05) is 5.43 Å². The van der Waals surface area contributed by atoms with Crippen molar-refractivity contribution in [1.82, 2.24) is 19.9 Å². The summed E-state index contributed by atoms with van der Waals surface area (Å²) in [5.74, 6) is 0.451. The Labute approximate surface area is 134 Å². The highest BCUT2D eigenvalue weighted by molar-refractivity contribution is 6.10. The fraction of sp³-hybridized carbons (Fsp3) is 0.118. The van der Waals surface area contributed by atoms with Gasteiger partial charge in [0, 0.05) is 23.8 Å². The smallest absolute Gasteiger partial charge is 0.243 e. The average molecular weight is 304 g/mol. The molecular formula is C17H16N6. The Balaban J connectivity index is 1.98. The molecule has 0 atom stereocenters. The van der Waals surface area contributed by atoms with Gasteiger partial charge in [-0.1, -0.05) is 12.1 Å². The summed E-state index contributed by atoms with van der Waals surface area (Å²) in [7, 11) is 0. The lowest BCUT2D eigenvalue weighted by molar-refractivity contribution is 1.03. The Morgan fingerprint density at radius 1 is 0.870 bits per heavy atom. The van der Waals surface area contributed by atoms with Crippen molar-refractivity contribution < 1.29 is 0 Å². The van der Waals surface area contributed by atoms with E-state index in [1.807, 2.05) is 56.3 Å². The largest absolute Gasteiger partial charge is 0.254 e. The van der Waals surface area contributed by atoms with Crippen LogP contribution in [0.1, 0.15) is 22.8 Å². The Morgan fingerprint density at radius 2 is 1.43 bits per heavy atom. The average Bonchev–Trinajstić information content (AvgIpc) is 2.56. The van der Waals surface area contributed by atoms with Gasteiger partial charge in [0.1, 0.15) is 5.71 Å². The van der Waals surface area contributed by atoms with E-state index in [1.54, 1.807) is 12.4 Å². The zero-order valence-corrected chi connectivity index (χ0v) is 12.9. The van der Waals surface area contributed by atoms with E-state index < -0.39 is 0 Å². The van der Waals surface area contributed by atoms with E-state index >= 15 is 0 Å². The molecule has 0 saturated heterocycles. The topological polar surface area (TPSA) is 76.0 Å². The van der Waals surface area contributed by atoms with E-state index in [1.165, 1.54) is 0 Å². The number of aromatic nitrogens is 4. The Bertz CT molecular complexity index is 753. The van der Waals surface area contributed by atoms with Crippen LogP contribution in [0.3, 0.4) is 0 Å². The molecule has 114 valence electrons. The molecule has 0 fully saturated rings. The molecule has 0 bridgehead atoms. The molecule has 6 nitrogen and oxygen atoms in total. The van der Waals surface area contributed by atoms with E-state index in [0.29, 0.717) is 11.7 Å². The number of hydrazone groups is 1. The molecule has 23 heavy (non-hydrogen) atoms. The van der Waals surface area contributed by atoms with Gasteiger partial charge in [-0.05, 0) is 44.2 Å². The van der Waals surface area contributed by atoms with E-state index in [2.05, 4.69) is 30.5 Å². The number of aryl methyl sites for hydroxylation is 2. The minimum absolute atomic E-state index is 0.451. The van der Waals surface area contributed by atoms with Crippen LogP contribution in [0.5, 0.6) is 0 Å². The Kier molecular flexibility index (Phi) is 4.33. The molecule has 0 aliphatic rings. The highest BCUT2D eigenvalue weighted by Gasteiger charge is 2.10. The van der Waals surface area contributed by atoms with E-state index in [9.17, 15) is 0 Å². The molecule has 3 heterocycles. The molecule has 3 aromatic heterocycles. The van der Waals surface area contributed by atoms with Crippen LogP contribution in [-0.4, -0.2) is 25.6 Å². The summed E-state index contributed by atoms with van der Waals surface area (Å²) in [6.45, 7) is 3.84. The molecule has 0 unspecified atom stereocenters. The molecule has 0 radical (unpaired) electrons. The summed E-state index contributed by atoms with van der Waals surface area (Å²) in [5, 5.41) is 4.43. The van der Waals surface area contributed by atoms with Gasteiger partial charge in [0.15, 0.2) is 0 Å². The van der Waals surface area contributed by atoms with Crippen LogP contribution in [0.25, 0.3) is 0 Å². The van der Waals surface area contributed by atoms with Crippen molar-refractivity contribution in [1.29, 1.82) is 0 Å². The van der Waals surface area contributed by atoms with Crippen LogP contribution in [0.4, 0.5) is 5.95 Å². The second-order valence-electron chi connectivity index (χ2n) is 4.98. The van der Waals surface area contributed by atoms with Gasteiger partial charge in [-0.15, -0.1) is 0 Å². The third kappa shape index (κ3) is 3.74. The van der Waals surface area contributed by atoms with Gasteiger partial charge in [0.05, 0.1) is 11.4 Å². The number of nitrogens with zero attached hydrogens (tertiary/aromatic N) is 5. The zero-order chi connectivity index (χ0) is 16.1. The molecule has 0 aliphatic carbocycles. The number of anilines is 1. The summed E-state index contributed by atoms with van der Waals surface area (Å²) in [5.41, 5.74) is 6.76. The molecule has 1 N–H and O–H groups in total. The van der Waals surface area contributed by atoms with Crippen molar-refractivity contribution in [3.05, 3.63) is 77.6 Å². The van der Waals surface area contributed by atoms with Gasteiger partial charge in [-0.3, -0.25) is 9.97 Å².